The van der Waals surface area contributed by atoms with Gasteiger partial charge in [-0.2, -0.15) is 0 Å². The Morgan fingerprint density at radius 1 is 1.22 bits per heavy atom. The van der Waals surface area contributed by atoms with Crippen LogP contribution in [0.3, 0.4) is 0 Å². The largest absolute Gasteiger partial charge is 0.493 e. The van der Waals surface area contributed by atoms with Gasteiger partial charge in [0, 0.05) is 5.70 Å². The Kier molecular flexibility index (Phi) is 7.10. The molecule has 7 nitrogen and oxygen atoms in total. The van der Waals surface area contributed by atoms with Crippen molar-refractivity contribution in [3.8, 4) is 11.5 Å². The Labute approximate surface area is 160 Å². The maximum absolute atomic E-state index is 12.7. The van der Waals surface area contributed by atoms with Gasteiger partial charge in [-0.15, -0.1) is 0 Å². The molecule has 1 aliphatic rings. The number of carbonyl (C=O) groups is 2. The lowest BCUT2D eigenvalue weighted by Gasteiger charge is -2.30. The Balaban J connectivity index is 2.49. The van der Waals surface area contributed by atoms with E-state index in [1.165, 1.54) is 0 Å². The fraction of sp³-hybridized carbons (Fsp3) is 0.500. The summed E-state index contributed by atoms with van der Waals surface area (Å²) in [6.45, 7) is 8.01. The summed E-state index contributed by atoms with van der Waals surface area (Å²) in [5.74, 6) is 0.712. The molecule has 2 N–H and O–H groups in total. The van der Waals surface area contributed by atoms with Crippen LogP contribution in [0.5, 0.6) is 11.5 Å². The number of urea groups is 1. The highest BCUT2D eigenvalue weighted by Gasteiger charge is 2.34. The number of allylic oxidation sites excluding steroid dienone is 1. The van der Waals surface area contributed by atoms with Crippen molar-refractivity contribution in [2.75, 3.05) is 13.7 Å². The quantitative estimate of drug-likeness (QED) is 0.679. The summed E-state index contributed by atoms with van der Waals surface area (Å²) < 4.78 is 16.5. The van der Waals surface area contributed by atoms with Crippen LogP contribution in [-0.4, -0.2) is 31.8 Å². The first-order valence-corrected chi connectivity index (χ1v) is 9.23. The monoisotopic (exact) mass is 376 g/mol. The Hall–Kier alpha value is -2.70. The van der Waals surface area contributed by atoms with Crippen LogP contribution in [0.4, 0.5) is 4.79 Å². The number of benzene rings is 1. The van der Waals surface area contributed by atoms with Gasteiger partial charge in [0.1, 0.15) is 0 Å². The molecule has 0 radical (unpaired) electrons. The van der Waals surface area contributed by atoms with E-state index < -0.39 is 12.0 Å². The predicted molar refractivity (Wildman–Crippen MR) is 102 cm³/mol. The molecular weight excluding hydrogens is 348 g/mol. The minimum Gasteiger partial charge on any atom is -0.493 e. The van der Waals surface area contributed by atoms with Crippen LogP contribution in [0.25, 0.3) is 0 Å². The van der Waals surface area contributed by atoms with Crippen molar-refractivity contribution in [1.82, 2.24) is 10.6 Å². The van der Waals surface area contributed by atoms with Crippen LogP contribution in [0, 0.1) is 0 Å². The Morgan fingerprint density at radius 3 is 2.56 bits per heavy atom. The number of methoxy groups -OCH3 is 1. The third-order valence-electron chi connectivity index (χ3n) is 4.05. The lowest BCUT2D eigenvalue weighted by Crippen LogP contribution is -2.46. The molecule has 2 rings (SSSR count). The molecule has 27 heavy (non-hydrogen) atoms. The topological polar surface area (TPSA) is 85.9 Å². The van der Waals surface area contributed by atoms with Crippen LogP contribution >= 0.6 is 0 Å². The first-order chi connectivity index (χ1) is 12.9. The minimum absolute atomic E-state index is 0.263. The first-order valence-electron chi connectivity index (χ1n) is 9.23. The smallest absolute Gasteiger partial charge is 0.338 e. The Bertz CT molecular complexity index is 727. The summed E-state index contributed by atoms with van der Waals surface area (Å²) in [6, 6.07) is 4.38. The fourth-order valence-electron chi connectivity index (χ4n) is 2.86. The van der Waals surface area contributed by atoms with E-state index in [2.05, 4.69) is 10.6 Å². The molecule has 0 aromatic heterocycles. The van der Waals surface area contributed by atoms with E-state index in [1.54, 1.807) is 33.1 Å². The molecule has 0 fully saturated rings. The van der Waals surface area contributed by atoms with Gasteiger partial charge in [-0.05, 0) is 44.4 Å². The van der Waals surface area contributed by atoms with Gasteiger partial charge >= 0.3 is 12.0 Å². The van der Waals surface area contributed by atoms with Crippen LogP contribution in [0.15, 0.2) is 29.5 Å². The van der Waals surface area contributed by atoms with Gasteiger partial charge in [-0.25, -0.2) is 9.59 Å². The molecule has 1 aliphatic heterocycles. The summed E-state index contributed by atoms with van der Waals surface area (Å²) in [7, 11) is 1.57. The van der Waals surface area contributed by atoms with Gasteiger partial charge in [0.25, 0.3) is 0 Å². The maximum atomic E-state index is 12.7. The molecular formula is C20H28N2O5. The number of rotatable bonds is 8. The van der Waals surface area contributed by atoms with E-state index in [9.17, 15) is 9.59 Å². The number of hydrogen-bond donors (Lipinski definition) is 2. The van der Waals surface area contributed by atoms with Crippen LogP contribution < -0.4 is 20.1 Å². The highest BCUT2D eigenvalue weighted by atomic mass is 16.5. The third kappa shape index (κ3) is 4.93. The van der Waals surface area contributed by atoms with Crippen molar-refractivity contribution in [1.29, 1.82) is 0 Å². The van der Waals surface area contributed by atoms with Crippen molar-refractivity contribution in [3.05, 3.63) is 35.0 Å². The first kappa shape index (κ1) is 20.6. The maximum Gasteiger partial charge on any atom is 0.338 e. The second-order valence-corrected chi connectivity index (χ2v) is 6.49. The number of hydrogen-bond acceptors (Lipinski definition) is 5. The van der Waals surface area contributed by atoms with E-state index >= 15 is 0 Å². The summed E-state index contributed by atoms with van der Waals surface area (Å²) in [6.07, 6.45) is 1.09. The summed E-state index contributed by atoms with van der Waals surface area (Å²) in [4.78, 5) is 24.8. The zero-order chi connectivity index (χ0) is 20.0. The minimum atomic E-state index is -0.630. The standard InChI is InChI=1S/C20H28N2O5/c1-6-10-26-16-11-13(8-9-15(16)25-5)18-17(19(23)27-12(3)4)14(7-2)21-20(24)22-18/h8-9,11-12,18H,6-7,10H2,1-5H3,(H2,21,22,24). The van der Waals surface area contributed by atoms with Crippen molar-refractivity contribution in [2.45, 2.75) is 52.7 Å². The fourth-order valence-corrected chi connectivity index (χ4v) is 2.86. The van der Waals surface area contributed by atoms with E-state index in [0.717, 1.165) is 12.0 Å². The highest BCUT2D eigenvalue weighted by Crippen LogP contribution is 2.35. The molecule has 7 heteroatoms. The summed E-state index contributed by atoms with van der Waals surface area (Å²) in [5.41, 5.74) is 1.68. The SMILES string of the molecule is CCCOc1cc(C2NC(=O)NC(CC)=C2C(=O)OC(C)C)ccc1OC. The number of carbonyl (C=O) groups excluding carboxylic acids is 2. The van der Waals surface area contributed by atoms with E-state index in [1.807, 2.05) is 19.9 Å². The van der Waals surface area contributed by atoms with E-state index in [-0.39, 0.29) is 12.1 Å². The van der Waals surface area contributed by atoms with E-state index in [0.29, 0.717) is 35.8 Å². The van der Waals surface area contributed by atoms with Crippen LogP contribution in [0.1, 0.15) is 52.1 Å². The van der Waals surface area contributed by atoms with Crippen molar-refractivity contribution in [2.24, 2.45) is 0 Å². The molecule has 148 valence electrons. The second-order valence-electron chi connectivity index (χ2n) is 6.49. The molecule has 1 atom stereocenters. The van der Waals surface area contributed by atoms with Crippen LogP contribution in [0.2, 0.25) is 0 Å². The number of nitrogens with one attached hydrogen (secondary N) is 2. The summed E-state index contributed by atoms with van der Waals surface area (Å²) >= 11 is 0. The summed E-state index contributed by atoms with van der Waals surface area (Å²) in [5, 5.41) is 5.53. The highest BCUT2D eigenvalue weighted by molar-refractivity contribution is 5.95. The van der Waals surface area contributed by atoms with Gasteiger partial charge in [-0.3, -0.25) is 0 Å². The molecule has 1 unspecified atom stereocenters. The van der Waals surface area contributed by atoms with Crippen molar-refractivity contribution >= 4 is 12.0 Å². The molecule has 1 aromatic carbocycles. The van der Waals surface area contributed by atoms with Crippen molar-refractivity contribution in [3.63, 3.8) is 0 Å². The van der Waals surface area contributed by atoms with Gasteiger partial charge in [-0.1, -0.05) is 19.9 Å². The molecule has 2 amide bonds. The lowest BCUT2D eigenvalue weighted by molar-refractivity contribution is -0.143. The molecule has 0 spiro atoms. The molecule has 1 aromatic rings. The molecule has 1 heterocycles. The van der Waals surface area contributed by atoms with Crippen molar-refractivity contribution < 1.29 is 23.8 Å². The average molecular weight is 376 g/mol. The number of ether oxygens (including phenoxy) is 3. The number of esters is 1. The van der Waals surface area contributed by atoms with Gasteiger partial charge in [0.15, 0.2) is 11.5 Å². The molecule has 0 aliphatic carbocycles. The average Bonchev–Trinajstić information content (AvgIpc) is 2.64. The van der Waals surface area contributed by atoms with Gasteiger partial charge in [0.2, 0.25) is 0 Å². The molecule has 0 bridgehead atoms. The zero-order valence-corrected chi connectivity index (χ0v) is 16.5. The van der Waals surface area contributed by atoms with Gasteiger partial charge in [0.05, 0.1) is 31.4 Å². The predicted octanol–water partition coefficient (Wildman–Crippen LogP) is 3.45. The van der Waals surface area contributed by atoms with E-state index in [4.69, 9.17) is 14.2 Å². The Morgan fingerprint density at radius 2 is 1.96 bits per heavy atom. The molecule has 0 saturated heterocycles. The lowest BCUT2D eigenvalue weighted by atomic mass is 9.94. The van der Waals surface area contributed by atoms with Crippen LogP contribution in [-0.2, 0) is 9.53 Å². The second kappa shape index (κ2) is 9.30. The number of amides is 2. The normalized spacial score (nSPS) is 16.7. The third-order valence-corrected chi connectivity index (χ3v) is 4.05. The van der Waals surface area contributed by atoms with Gasteiger partial charge < -0.3 is 24.8 Å². The molecule has 0 saturated carbocycles. The zero-order valence-electron chi connectivity index (χ0n) is 16.5.